The van der Waals surface area contributed by atoms with E-state index in [1.807, 2.05) is 19.1 Å². The molecule has 0 unspecified atom stereocenters. The van der Waals surface area contributed by atoms with Crippen molar-refractivity contribution in [1.29, 1.82) is 0 Å². The van der Waals surface area contributed by atoms with Gasteiger partial charge < -0.3 is 5.32 Å². The Morgan fingerprint density at radius 2 is 1.93 bits per heavy atom. The van der Waals surface area contributed by atoms with E-state index in [2.05, 4.69) is 10.3 Å². The van der Waals surface area contributed by atoms with Crippen molar-refractivity contribution in [1.82, 2.24) is 9.55 Å². The Bertz CT molecular complexity index is 1110. The van der Waals surface area contributed by atoms with Crippen LogP contribution in [-0.4, -0.2) is 26.5 Å². The number of carbonyl (C=O) groups is 2. The summed E-state index contributed by atoms with van der Waals surface area (Å²) in [5.74, 6) is -0.290. The lowest BCUT2D eigenvalue weighted by atomic mass is 10.1. The zero-order valence-corrected chi connectivity index (χ0v) is 16.7. The van der Waals surface area contributed by atoms with Gasteiger partial charge in [-0.3, -0.25) is 19.0 Å². The number of nitrogens with zero attached hydrogens (tertiary/aromatic N) is 2. The first-order chi connectivity index (χ1) is 13.4. The van der Waals surface area contributed by atoms with Gasteiger partial charge in [-0.05, 0) is 45.0 Å². The number of anilines is 1. The second kappa shape index (κ2) is 8.39. The first-order valence-electron chi connectivity index (χ1n) is 8.98. The van der Waals surface area contributed by atoms with Crippen molar-refractivity contribution in [2.24, 2.45) is 0 Å². The molecule has 0 radical (unpaired) electrons. The van der Waals surface area contributed by atoms with Gasteiger partial charge in [-0.15, -0.1) is 0 Å². The Morgan fingerprint density at radius 1 is 1.18 bits per heavy atom. The van der Waals surface area contributed by atoms with Crippen LogP contribution in [0, 0.1) is 0 Å². The first-order valence-corrected chi connectivity index (χ1v) is 9.86. The molecule has 6 nitrogen and oxygen atoms in total. The van der Waals surface area contributed by atoms with E-state index in [1.165, 1.54) is 18.7 Å². The number of benzene rings is 2. The van der Waals surface area contributed by atoms with Crippen molar-refractivity contribution < 1.29 is 9.59 Å². The molecule has 1 N–H and O–H groups in total. The molecule has 0 aliphatic rings. The van der Waals surface area contributed by atoms with Crippen LogP contribution in [0.1, 0.15) is 31.1 Å². The summed E-state index contributed by atoms with van der Waals surface area (Å²) < 4.78 is 1.58. The predicted octanol–water partition coefficient (Wildman–Crippen LogP) is 3.74. The van der Waals surface area contributed by atoms with Gasteiger partial charge in [0.05, 0.1) is 16.2 Å². The molecule has 1 aromatic heterocycles. The van der Waals surface area contributed by atoms with Crippen molar-refractivity contribution in [3.63, 3.8) is 0 Å². The Morgan fingerprint density at radius 3 is 2.64 bits per heavy atom. The zero-order valence-electron chi connectivity index (χ0n) is 15.9. The Labute approximate surface area is 167 Å². The van der Waals surface area contributed by atoms with Gasteiger partial charge in [0.25, 0.3) is 5.56 Å². The minimum absolute atomic E-state index is 0.0640. The largest absolute Gasteiger partial charge is 0.325 e. The van der Waals surface area contributed by atoms with Crippen LogP contribution in [0.2, 0.25) is 0 Å². The number of aromatic nitrogens is 2. The van der Waals surface area contributed by atoms with Crippen molar-refractivity contribution in [2.45, 2.75) is 37.7 Å². The quantitative estimate of drug-likeness (QED) is 0.391. The number of nitrogens with one attached hydrogen (secondary N) is 1. The number of fused-ring (bicyclic) bond motifs is 1. The summed E-state index contributed by atoms with van der Waals surface area (Å²) >= 11 is 1.23. The summed E-state index contributed by atoms with van der Waals surface area (Å²) in [4.78, 5) is 41.4. The first kappa shape index (κ1) is 19.8. The fraction of sp³-hybridized carbons (Fsp3) is 0.238. The van der Waals surface area contributed by atoms with Crippen LogP contribution in [0.25, 0.3) is 10.9 Å². The van der Waals surface area contributed by atoms with Crippen molar-refractivity contribution >= 4 is 40.0 Å². The molecule has 1 amide bonds. The molecule has 0 fully saturated rings. The number of rotatable bonds is 6. The molecule has 0 aliphatic heterocycles. The van der Waals surface area contributed by atoms with Crippen LogP contribution in [0.5, 0.6) is 0 Å². The van der Waals surface area contributed by atoms with Crippen LogP contribution in [-0.2, 0) is 11.3 Å². The van der Waals surface area contributed by atoms with E-state index in [9.17, 15) is 14.4 Å². The number of Topliss-reactive ketones (excluding diaryl/α,β-unsaturated/α-hetero) is 1. The molecule has 0 saturated carbocycles. The normalized spacial score (nSPS) is 12.0. The van der Waals surface area contributed by atoms with Gasteiger partial charge >= 0.3 is 0 Å². The van der Waals surface area contributed by atoms with E-state index in [-0.39, 0.29) is 17.2 Å². The van der Waals surface area contributed by atoms with Gasteiger partial charge in [-0.25, -0.2) is 4.98 Å². The summed E-state index contributed by atoms with van der Waals surface area (Å²) in [5.41, 5.74) is 1.59. The smallest absolute Gasteiger partial charge is 0.262 e. The van der Waals surface area contributed by atoms with E-state index in [4.69, 9.17) is 0 Å². The second-order valence-electron chi connectivity index (χ2n) is 6.35. The molecule has 28 heavy (non-hydrogen) atoms. The molecular weight excluding hydrogens is 374 g/mol. The minimum atomic E-state index is -0.480. The van der Waals surface area contributed by atoms with Crippen LogP contribution in [0.3, 0.4) is 0 Å². The third-order valence-corrected chi connectivity index (χ3v) is 5.42. The van der Waals surface area contributed by atoms with Crippen LogP contribution in [0.4, 0.5) is 5.69 Å². The third kappa shape index (κ3) is 4.14. The van der Waals surface area contributed by atoms with Gasteiger partial charge in [0.15, 0.2) is 10.9 Å². The fourth-order valence-corrected chi connectivity index (χ4v) is 3.76. The predicted molar refractivity (Wildman–Crippen MR) is 112 cm³/mol. The van der Waals surface area contributed by atoms with Gasteiger partial charge in [0.1, 0.15) is 0 Å². The highest BCUT2D eigenvalue weighted by atomic mass is 32.2. The van der Waals surface area contributed by atoms with Crippen molar-refractivity contribution in [3.8, 4) is 0 Å². The van der Waals surface area contributed by atoms with Crippen LogP contribution in [0.15, 0.2) is 58.5 Å². The number of amides is 1. The summed E-state index contributed by atoms with van der Waals surface area (Å²) in [6.07, 6.45) is 0. The van der Waals surface area contributed by atoms with E-state index < -0.39 is 5.25 Å². The summed E-state index contributed by atoms with van der Waals surface area (Å²) in [5, 5.41) is 3.41. The van der Waals surface area contributed by atoms with Crippen molar-refractivity contribution in [2.75, 3.05) is 5.32 Å². The maximum atomic E-state index is 12.7. The number of carbonyl (C=O) groups excluding carboxylic acids is 2. The Hall–Kier alpha value is -2.93. The zero-order chi connectivity index (χ0) is 20.3. The Kier molecular flexibility index (Phi) is 5.94. The number of hydrogen-bond donors (Lipinski definition) is 1. The van der Waals surface area contributed by atoms with Gasteiger partial charge in [-0.2, -0.15) is 0 Å². The number of hydrogen-bond acceptors (Lipinski definition) is 5. The average Bonchev–Trinajstić information content (AvgIpc) is 2.68. The van der Waals surface area contributed by atoms with Crippen LogP contribution < -0.4 is 10.9 Å². The summed E-state index contributed by atoms with van der Waals surface area (Å²) in [6, 6.07) is 14.0. The molecule has 144 valence electrons. The lowest BCUT2D eigenvalue weighted by Gasteiger charge is -2.15. The number of ketones is 1. The third-order valence-electron chi connectivity index (χ3n) is 4.33. The highest BCUT2D eigenvalue weighted by molar-refractivity contribution is 8.00. The SMILES string of the molecule is CCn1c(S[C@@H](C)C(=O)Nc2cccc(C(C)=O)c2)nc2ccccc2c1=O. The van der Waals surface area contributed by atoms with E-state index >= 15 is 0 Å². The van der Waals surface area contributed by atoms with Crippen molar-refractivity contribution in [3.05, 3.63) is 64.4 Å². The maximum Gasteiger partial charge on any atom is 0.262 e. The molecule has 0 aliphatic carbocycles. The molecular formula is C21H21N3O3S. The standard InChI is InChI=1S/C21H21N3O3S/c1-4-24-20(27)17-10-5-6-11-18(17)23-21(24)28-14(3)19(26)22-16-9-7-8-15(12-16)13(2)25/h5-12,14H,4H2,1-3H3,(H,22,26)/t14-/m0/s1. The molecule has 0 bridgehead atoms. The fourth-order valence-electron chi connectivity index (χ4n) is 2.79. The molecule has 1 atom stereocenters. The lowest BCUT2D eigenvalue weighted by Crippen LogP contribution is -2.26. The molecule has 3 rings (SSSR count). The highest BCUT2D eigenvalue weighted by Crippen LogP contribution is 2.24. The number of thioether (sulfide) groups is 1. The second-order valence-corrected chi connectivity index (χ2v) is 7.66. The molecule has 3 aromatic rings. The monoisotopic (exact) mass is 395 g/mol. The topological polar surface area (TPSA) is 81.1 Å². The molecule has 1 heterocycles. The summed E-state index contributed by atoms with van der Waals surface area (Å²) in [7, 11) is 0. The van der Waals surface area contributed by atoms with E-state index in [0.717, 1.165) is 0 Å². The maximum absolute atomic E-state index is 12.7. The highest BCUT2D eigenvalue weighted by Gasteiger charge is 2.19. The van der Waals surface area contributed by atoms with Gasteiger partial charge in [0.2, 0.25) is 5.91 Å². The minimum Gasteiger partial charge on any atom is -0.325 e. The van der Waals surface area contributed by atoms with Gasteiger partial charge in [-0.1, -0.05) is 36.0 Å². The number of para-hydroxylation sites is 1. The molecule has 0 saturated heterocycles. The van der Waals surface area contributed by atoms with Gasteiger partial charge in [0, 0.05) is 17.8 Å². The Balaban J connectivity index is 1.83. The molecule has 0 spiro atoms. The molecule has 2 aromatic carbocycles. The molecule has 7 heteroatoms. The van der Waals surface area contributed by atoms with E-state index in [1.54, 1.807) is 47.9 Å². The summed E-state index contributed by atoms with van der Waals surface area (Å²) in [6.45, 7) is 5.58. The lowest BCUT2D eigenvalue weighted by molar-refractivity contribution is -0.115. The van der Waals surface area contributed by atoms with E-state index in [0.29, 0.717) is 33.9 Å². The average molecular weight is 395 g/mol. The van der Waals surface area contributed by atoms with Crippen LogP contribution >= 0.6 is 11.8 Å².